The van der Waals surface area contributed by atoms with Crippen molar-refractivity contribution in [2.24, 2.45) is 0 Å². The van der Waals surface area contributed by atoms with Crippen LogP contribution in [0.25, 0.3) is 0 Å². The molecule has 136 valence electrons. The van der Waals surface area contributed by atoms with E-state index < -0.39 is 17.6 Å². The lowest BCUT2D eigenvalue weighted by molar-refractivity contribution is 0.101. The molecule has 0 atom stereocenters. The Balaban J connectivity index is 1.75. The Bertz CT molecular complexity index is 974. The molecule has 2 amide bonds. The van der Waals surface area contributed by atoms with Gasteiger partial charge in [0, 0.05) is 5.69 Å². The normalized spacial score (nSPS) is 10.1. The van der Waals surface area contributed by atoms with Gasteiger partial charge in [0.25, 0.3) is 11.8 Å². The molecule has 2 N–H and O–H groups in total. The van der Waals surface area contributed by atoms with Crippen LogP contribution in [-0.4, -0.2) is 23.9 Å². The number of aromatic nitrogens is 1. The molecule has 6 nitrogen and oxygen atoms in total. The van der Waals surface area contributed by atoms with E-state index in [1.165, 1.54) is 43.5 Å². The molecule has 0 radical (unpaired) electrons. The number of amides is 2. The summed E-state index contributed by atoms with van der Waals surface area (Å²) >= 11 is 0. The number of nitrogens with one attached hydrogen (secondary N) is 2. The number of ether oxygens (including phenoxy) is 1. The molecule has 0 bridgehead atoms. The topological polar surface area (TPSA) is 80.3 Å². The van der Waals surface area contributed by atoms with Crippen molar-refractivity contribution in [3.63, 3.8) is 0 Å². The van der Waals surface area contributed by atoms with E-state index >= 15 is 0 Å². The Morgan fingerprint density at radius 1 is 0.852 bits per heavy atom. The molecule has 0 saturated heterocycles. The van der Waals surface area contributed by atoms with Gasteiger partial charge in [-0.1, -0.05) is 18.2 Å². The van der Waals surface area contributed by atoms with Crippen LogP contribution in [0.2, 0.25) is 0 Å². The summed E-state index contributed by atoms with van der Waals surface area (Å²) < 4.78 is 18.1. The number of hydrogen-bond donors (Lipinski definition) is 2. The van der Waals surface area contributed by atoms with Gasteiger partial charge in [-0.2, -0.15) is 0 Å². The van der Waals surface area contributed by atoms with Crippen LogP contribution in [0.4, 0.5) is 15.8 Å². The lowest BCUT2D eigenvalue weighted by atomic mass is 10.2. The number of anilines is 2. The molecule has 3 rings (SSSR count). The van der Waals surface area contributed by atoms with E-state index in [1.807, 2.05) is 0 Å². The maximum absolute atomic E-state index is 12.9. The van der Waals surface area contributed by atoms with Crippen molar-refractivity contribution in [2.75, 3.05) is 17.7 Å². The standard InChI is InChI=1S/C20H16FN3O3/c1-27-18-8-3-2-5-15(18)24-20(26)17-7-4-6-16(23-17)19(25)22-14-11-9-13(21)10-12-14/h2-12H,1H3,(H,22,25)(H,24,26). The molecule has 27 heavy (non-hydrogen) atoms. The van der Waals surface area contributed by atoms with Crippen LogP contribution >= 0.6 is 0 Å². The Hall–Kier alpha value is -3.74. The first-order valence-electron chi connectivity index (χ1n) is 8.05. The van der Waals surface area contributed by atoms with E-state index in [0.717, 1.165) is 0 Å². The van der Waals surface area contributed by atoms with Gasteiger partial charge in [0.2, 0.25) is 0 Å². The summed E-state index contributed by atoms with van der Waals surface area (Å²) in [7, 11) is 1.50. The summed E-state index contributed by atoms with van der Waals surface area (Å²) in [6, 6.07) is 16.8. The van der Waals surface area contributed by atoms with Crippen molar-refractivity contribution in [2.45, 2.75) is 0 Å². The monoisotopic (exact) mass is 365 g/mol. The number of hydrogen-bond acceptors (Lipinski definition) is 4. The van der Waals surface area contributed by atoms with Gasteiger partial charge in [-0.3, -0.25) is 9.59 Å². The number of methoxy groups -OCH3 is 1. The van der Waals surface area contributed by atoms with E-state index in [-0.39, 0.29) is 11.4 Å². The van der Waals surface area contributed by atoms with E-state index in [9.17, 15) is 14.0 Å². The van der Waals surface area contributed by atoms with Crippen molar-refractivity contribution >= 4 is 23.2 Å². The number of nitrogens with zero attached hydrogens (tertiary/aromatic N) is 1. The molecule has 7 heteroatoms. The highest BCUT2D eigenvalue weighted by Gasteiger charge is 2.14. The lowest BCUT2D eigenvalue weighted by Crippen LogP contribution is -2.18. The summed E-state index contributed by atoms with van der Waals surface area (Å²) in [6.07, 6.45) is 0. The molecule has 0 aliphatic carbocycles. The Labute approximate surface area is 155 Å². The molecule has 1 heterocycles. The fraction of sp³-hybridized carbons (Fsp3) is 0.0500. The SMILES string of the molecule is COc1ccccc1NC(=O)c1cccc(C(=O)Nc2ccc(F)cc2)n1. The summed E-state index contributed by atoms with van der Waals surface area (Å²) in [4.78, 5) is 28.9. The van der Waals surface area contributed by atoms with Gasteiger partial charge >= 0.3 is 0 Å². The fourth-order valence-corrected chi connectivity index (χ4v) is 2.35. The van der Waals surface area contributed by atoms with Gasteiger partial charge in [0.1, 0.15) is 23.0 Å². The van der Waals surface area contributed by atoms with Crippen molar-refractivity contribution in [1.82, 2.24) is 4.98 Å². The highest BCUT2D eigenvalue weighted by atomic mass is 19.1. The van der Waals surface area contributed by atoms with Crippen LogP contribution < -0.4 is 15.4 Å². The second-order valence-electron chi connectivity index (χ2n) is 5.52. The van der Waals surface area contributed by atoms with E-state index in [2.05, 4.69) is 15.6 Å². The Morgan fingerprint density at radius 3 is 2.15 bits per heavy atom. The molecule has 0 unspecified atom stereocenters. The van der Waals surface area contributed by atoms with Crippen molar-refractivity contribution in [3.8, 4) is 5.75 Å². The van der Waals surface area contributed by atoms with E-state index in [4.69, 9.17) is 4.74 Å². The molecule has 0 fully saturated rings. The Morgan fingerprint density at radius 2 is 1.48 bits per heavy atom. The summed E-state index contributed by atoms with van der Waals surface area (Å²) in [5.74, 6) is -0.873. The van der Waals surface area contributed by atoms with Crippen LogP contribution in [0.1, 0.15) is 21.0 Å². The third-order valence-corrected chi connectivity index (χ3v) is 3.67. The minimum Gasteiger partial charge on any atom is -0.495 e. The third kappa shape index (κ3) is 4.46. The van der Waals surface area contributed by atoms with Crippen molar-refractivity contribution in [1.29, 1.82) is 0 Å². The van der Waals surface area contributed by atoms with Crippen LogP contribution in [0.3, 0.4) is 0 Å². The number of halogens is 1. The highest BCUT2D eigenvalue weighted by molar-refractivity contribution is 6.06. The Kier molecular flexibility index (Phi) is 5.41. The first-order valence-corrected chi connectivity index (χ1v) is 8.05. The zero-order valence-electron chi connectivity index (χ0n) is 14.4. The van der Waals surface area contributed by atoms with Crippen LogP contribution in [0.5, 0.6) is 5.75 Å². The number of carbonyl (C=O) groups is 2. The molecular weight excluding hydrogens is 349 g/mol. The van der Waals surface area contributed by atoms with Gasteiger partial charge in [0.05, 0.1) is 12.8 Å². The maximum atomic E-state index is 12.9. The van der Waals surface area contributed by atoms with Crippen molar-refractivity contribution in [3.05, 3.63) is 83.9 Å². The van der Waals surface area contributed by atoms with Gasteiger partial charge in [-0.15, -0.1) is 0 Å². The second-order valence-corrected chi connectivity index (χ2v) is 5.52. The lowest BCUT2D eigenvalue weighted by Gasteiger charge is -2.10. The highest BCUT2D eigenvalue weighted by Crippen LogP contribution is 2.23. The predicted octanol–water partition coefficient (Wildman–Crippen LogP) is 3.73. The smallest absolute Gasteiger partial charge is 0.274 e. The summed E-state index contributed by atoms with van der Waals surface area (Å²) in [5, 5.41) is 5.30. The predicted molar refractivity (Wildman–Crippen MR) is 99.5 cm³/mol. The summed E-state index contributed by atoms with van der Waals surface area (Å²) in [6.45, 7) is 0. The zero-order valence-corrected chi connectivity index (χ0v) is 14.4. The average Bonchev–Trinajstić information content (AvgIpc) is 2.70. The van der Waals surface area contributed by atoms with Crippen LogP contribution in [0, 0.1) is 5.82 Å². The molecule has 0 saturated carbocycles. The average molecular weight is 365 g/mol. The first kappa shape index (κ1) is 18.1. The zero-order chi connectivity index (χ0) is 19.2. The number of benzene rings is 2. The molecule has 1 aromatic heterocycles. The van der Waals surface area contributed by atoms with Gasteiger partial charge in [-0.25, -0.2) is 9.37 Å². The van der Waals surface area contributed by atoms with E-state index in [1.54, 1.807) is 30.3 Å². The van der Waals surface area contributed by atoms with Gasteiger partial charge in [-0.05, 0) is 48.5 Å². The molecule has 0 aliphatic heterocycles. The number of pyridine rings is 1. The third-order valence-electron chi connectivity index (χ3n) is 3.67. The minimum atomic E-state index is -0.506. The van der Waals surface area contributed by atoms with Crippen molar-refractivity contribution < 1.29 is 18.7 Å². The molecule has 2 aromatic carbocycles. The second kappa shape index (κ2) is 8.09. The number of para-hydroxylation sites is 2. The van der Waals surface area contributed by atoms with E-state index in [0.29, 0.717) is 17.1 Å². The molecular formula is C20H16FN3O3. The fourth-order valence-electron chi connectivity index (χ4n) is 2.35. The quantitative estimate of drug-likeness (QED) is 0.722. The minimum absolute atomic E-state index is 0.0620. The maximum Gasteiger partial charge on any atom is 0.274 e. The largest absolute Gasteiger partial charge is 0.495 e. The molecule has 0 spiro atoms. The van der Waals surface area contributed by atoms with Gasteiger partial charge < -0.3 is 15.4 Å². The first-order chi connectivity index (χ1) is 13.1. The van der Waals surface area contributed by atoms with Gasteiger partial charge in [0.15, 0.2) is 0 Å². The summed E-state index contributed by atoms with van der Waals surface area (Å²) in [5.41, 5.74) is 1.06. The molecule has 0 aliphatic rings. The number of carbonyl (C=O) groups excluding carboxylic acids is 2. The van der Waals surface area contributed by atoms with Crippen LogP contribution in [0.15, 0.2) is 66.7 Å². The van der Waals surface area contributed by atoms with Crippen LogP contribution in [-0.2, 0) is 0 Å². The molecule has 3 aromatic rings. The number of rotatable bonds is 5.